The molecule has 1 aliphatic carbocycles. The summed E-state index contributed by atoms with van der Waals surface area (Å²) in [5.74, 6) is 2.77. The Morgan fingerprint density at radius 3 is 2.67 bits per heavy atom. The van der Waals surface area contributed by atoms with Gasteiger partial charge in [0.15, 0.2) is 0 Å². The van der Waals surface area contributed by atoms with Crippen molar-refractivity contribution < 1.29 is 9.53 Å². The second-order valence-electron chi connectivity index (χ2n) is 4.69. The lowest BCUT2D eigenvalue weighted by Gasteiger charge is -2.36. The van der Waals surface area contributed by atoms with Gasteiger partial charge in [0.05, 0.1) is 0 Å². The fourth-order valence-corrected chi connectivity index (χ4v) is 1.99. The molecule has 2 rings (SSSR count). The molecule has 1 saturated carbocycles. The predicted octanol–water partition coefficient (Wildman–Crippen LogP) is 2.72. The maximum atomic E-state index is 11.5. The molecule has 1 fully saturated rings. The van der Waals surface area contributed by atoms with Crippen LogP contribution in [-0.4, -0.2) is 12.6 Å². The molecular formula is C15H17NO2. The Labute approximate surface area is 108 Å². The summed E-state index contributed by atoms with van der Waals surface area (Å²) in [6, 6.07) is 9.59. The molecule has 18 heavy (non-hydrogen) atoms. The molecule has 0 spiro atoms. The Morgan fingerprint density at radius 2 is 2.11 bits per heavy atom. The Bertz CT molecular complexity index is 443. The summed E-state index contributed by atoms with van der Waals surface area (Å²) in [5.41, 5.74) is 0.842. The van der Waals surface area contributed by atoms with Crippen LogP contribution in [0.1, 0.15) is 24.8 Å². The van der Waals surface area contributed by atoms with Crippen LogP contribution >= 0.6 is 0 Å². The van der Waals surface area contributed by atoms with E-state index in [9.17, 15) is 4.79 Å². The first kappa shape index (κ1) is 12.5. The van der Waals surface area contributed by atoms with Crippen LogP contribution in [0.3, 0.4) is 0 Å². The SMILES string of the molecule is C#CC1(CNC(=O)OCc2ccccc2)CCC1. The number of carbonyl (C=O) groups is 1. The summed E-state index contributed by atoms with van der Waals surface area (Å²) in [6.45, 7) is 0.798. The van der Waals surface area contributed by atoms with Crippen molar-refractivity contribution in [2.24, 2.45) is 5.41 Å². The van der Waals surface area contributed by atoms with Gasteiger partial charge in [-0.1, -0.05) is 42.7 Å². The number of benzene rings is 1. The molecule has 1 amide bonds. The van der Waals surface area contributed by atoms with Crippen LogP contribution in [-0.2, 0) is 11.3 Å². The highest BCUT2D eigenvalue weighted by molar-refractivity contribution is 5.67. The van der Waals surface area contributed by atoms with Crippen molar-refractivity contribution in [1.82, 2.24) is 5.32 Å². The smallest absolute Gasteiger partial charge is 0.407 e. The van der Waals surface area contributed by atoms with Crippen molar-refractivity contribution >= 4 is 6.09 Å². The second kappa shape index (κ2) is 5.59. The fraction of sp³-hybridized carbons (Fsp3) is 0.400. The highest BCUT2D eigenvalue weighted by atomic mass is 16.5. The van der Waals surface area contributed by atoms with Crippen LogP contribution in [0.15, 0.2) is 30.3 Å². The van der Waals surface area contributed by atoms with Gasteiger partial charge < -0.3 is 10.1 Å². The molecule has 0 aliphatic heterocycles. The van der Waals surface area contributed by atoms with Crippen LogP contribution in [0.4, 0.5) is 4.79 Å². The van der Waals surface area contributed by atoms with Gasteiger partial charge in [-0.05, 0) is 18.4 Å². The van der Waals surface area contributed by atoms with E-state index in [4.69, 9.17) is 11.2 Å². The highest BCUT2D eigenvalue weighted by Gasteiger charge is 2.35. The molecule has 1 aliphatic rings. The van der Waals surface area contributed by atoms with Crippen LogP contribution in [0.5, 0.6) is 0 Å². The summed E-state index contributed by atoms with van der Waals surface area (Å²) in [4.78, 5) is 11.5. The monoisotopic (exact) mass is 243 g/mol. The zero-order valence-electron chi connectivity index (χ0n) is 10.3. The van der Waals surface area contributed by atoms with Gasteiger partial charge in [-0.2, -0.15) is 0 Å². The van der Waals surface area contributed by atoms with Gasteiger partial charge in [-0.3, -0.25) is 0 Å². The average molecular weight is 243 g/mol. The number of amides is 1. The van der Waals surface area contributed by atoms with E-state index in [0.717, 1.165) is 24.8 Å². The Hall–Kier alpha value is -1.95. The molecule has 0 heterocycles. The highest BCUT2D eigenvalue weighted by Crippen LogP contribution is 2.39. The van der Waals surface area contributed by atoms with E-state index in [1.54, 1.807) is 0 Å². The zero-order valence-corrected chi connectivity index (χ0v) is 10.3. The molecule has 1 aromatic carbocycles. The quantitative estimate of drug-likeness (QED) is 0.826. The van der Waals surface area contributed by atoms with Gasteiger partial charge >= 0.3 is 6.09 Å². The number of rotatable bonds is 4. The van der Waals surface area contributed by atoms with Gasteiger partial charge in [-0.25, -0.2) is 4.79 Å². The van der Waals surface area contributed by atoms with E-state index in [-0.39, 0.29) is 12.0 Å². The van der Waals surface area contributed by atoms with Crippen LogP contribution in [0, 0.1) is 17.8 Å². The lowest BCUT2D eigenvalue weighted by atomic mass is 9.69. The summed E-state index contributed by atoms with van der Waals surface area (Å²) in [6.07, 6.45) is 8.20. The second-order valence-corrected chi connectivity index (χ2v) is 4.69. The fourth-order valence-electron chi connectivity index (χ4n) is 1.99. The van der Waals surface area contributed by atoms with Gasteiger partial charge in [-0.15, -0.1) is 6.42 Å². The standard InChI is InChI=1S/C15H17NO2/c1-2-15(9-6-10-15)12-16-14(17)18-11-13-7-4-3-5-8-13/h1,3-5,7-8H,6,9-12H2,(H,16,17). The van der Waals surface area contributed by atoms with Crippen molar-refractivity contribution in [3.05, 3.63) is 35.9 Å². The zero-order chi connectivity index (χ0) is 12.8. The molecule has 0 atom stereocenters. The van der Waals surface area contributed by atoms with Crippen molar-refractivity contribution in [3.63, 3.8) is 0 Å². The lowest BCUT2D eigenvalue weighted by molar-refractivity contribution is 0.129. The first-order valence-electron chi connectivity index (χ1n) is 6.16. The molecule has 1 N–H and O–H groups in total. The third-order valence-electron chi connectivity index (χ3n) is 3.40. The molecule has 3 nitrogen and oxygen atoms in total. The molecule has 0 radical (unpaired) electrons. The number of hydrogen-bond donors (Lipinski definition) is 1. The molecule has 0 unspecified atom stereocenters. The summed E-state index contributed by atoms with van der Waals surface area (Å²) >= 11 is 0. The first-order valence-corrected chi connectivity index (χ1v) is 6.16. The van der Waals surface area contributed by atoms with Crippen molar-refractivity contribution in [1.29, 1.82) is 0 Å². The van der Waals surface area contributed by atoms with Crippen LogP contribution < -0.4 is 5.32 Å². The summed E-state index contributed by atoms with van der Waals surface area (Å²) in [5, 5.41) is 2.74. The van der Waals surface area contributed by atoms with Gasteiger partial charge in [0.2, 0.25) is 0 Å². The van der Waals surface area contributed by atoms with Gasteiger partial charge in [0.1, 0.15) is 6.61 Å². The van der Waals surface area contributed by atoms with E-state index < -0.39 is 6.09 Å². The van der Waals surface area contributed by atoms with E-state index in [1.807, 2.05) is 30.3 Å². The topological polar surface area (TPSA) is 38.3 Å². The van der Waals surface area contributed by atoms with Crippen molar-refractivity contribution in [2.75, 3.05) is 6.54 Å². The molecule has 94 valence electrons. The predicted molar refractivity (Wildman–Crippen MR) is 69.7 cm³/mol. The minimum absolute atomic E-state index is 0.133. The van der Waals surface area contributed by atoms with E-state index in [0.29, 0.717) is 6.54 Å². The lowest BCUT2D eigenvalue weighted by Crippen LogP contribution is -2.41. The average Bonchev–Trinajstić information content (AvgIpc) is 2.37. The third-order valence-corrected chi connectivity index (χ3v) is 3.40. The third kappa shape index (κ3) is 3.04. The number of carbonyl (C=O) groups excluding carboxylic acids is 1. The number of hydrogen-bond acceptors (Lipinski definition) is 2. The molecule has 0 aromatic heterocycles. The summed E-state index contributed by atoms with van der Waals surface area (Å²) in [7, 11) is 0. The Balaban J connectivity index is 1.71. The molecule has 3 heteroatoms. The van der Waals surface area contributed by atoms with E-state index >= 15 is 0 Å². The number of ether oxygens (including phenoxy) is 1. The van der Waals surface area contributed by atoms with Crippen molar-refractivity contribution in [3.8, 4) is 12.3 Å². The van der Waals surface area contributed by atoms with E-state index in [2.05, 4.69) is 11.2 Å². The minimum atomic E-state index is -0.402. The largest absolute Gasteiger partial charge is 0.445 e. The normalized spacial score (nSPS) is 16.2. The van der Waals surface area contributed by atoms with Crippen LogP contribution in [0.25, 0.3) is 0 Å². The molecule has 1 aromatic rings. The number of alkyl carbamates (subject to hydrolysis) is 1. The molecule has 0 bridgehead atoms. The number of nitrogens with one attached hydrogen (secondary N) is 1. The first-order chi connectivity index (χ1) is 8.74. The summed E-state index contributed by atoms with van der Waals surface area (Å²) < 4.78 is 5.12. The van der Waals surface area contributed by atoms with E-state index in [1.165, 1.54) is 0 Å². The van der Waals surface area contributed by atoms with Gasteiger partial charge in [0, 0.05) is 12.0 Å². The molecule has 0 saturated heterocycles. The maximum Gasteiger partial charge on any atom is 0.407 e. The minimum Gasteiger partial charge on any atom is -0.445 e. The van der Waals surface area contributed by atoms with Gasteiger partial charge in [0.25, 0.3) is 0 Å². The maximum absolute atomic E-state index is 11.5. The number of terminal acetylenes is 1. The van der Waals surface area contributed by atoms with Crippen LogP contribution in [0.2, 0.25) is 0 Å². The Morgan fingerprint density at radius 1 is 1.39 bits per heavy atom. The van der Waals surface area contributed by atoms with Crippen molar-refractivity contribution in [2.45, 2.75) is 25.9 Å². The Kier molecular flexibility index (Phi) is 3.88. The molecular weight excluding hydrogens is 226 g/mol.